The van der Waals surface area contributed by atoms with Gasteiger partial charge in [0, 0.05) is 31.7 Å². The minimum absolute atomic E-state index is 0. The molecule has 2 rings (SSSR count). The molecule has 0 aromatic heterocycles. The van der Waals surface area contributed by atoms with Gasteiger partial charge in [0.1, 0.15) is 0 Å². The van der Waals surface area contributed by atoms with E-state index in [1.54, 1.807) is 34.1 Å². The summed E-state index contributed by atoms with van der Waals surface area (Å²) in [5.74, 6) is -0.0355. The molecule has 1 aromatic carbocycles. The Kier molecular flexibility index (Phi) is 7.56. The second kappa shape index (κ2) is 8.66. The Balaban J connectivity index is 0.00000220. The summed E-state index contributed by atoms with van der Waals surface area (Å²) in [5, 5.41) is 8.73. The van der Waals surface area contributed by atoms with Gasteiger partial charge in [-0.3, -0.25) is 9.59 Å². The SMILES string of the molecule is [CH2-]CC(=O)N1CCN(C(=O)c2ccc(C#N)cc2)CC1.[K+]. The number of rotatable bonds is 2. The van der Waals surface area contributed by atoms with E-state index >= 15 is 0 Å². The maximum absolute atomic E-state index is 12.3. The van der Waals surface area contributed by atoms with Gasteiger partial charge in [-0.25, -0.2) is 0 Å². The number of benzene rings is 1. The molecule has 1 saturated heterocycles. The maximum atomic E-state index is 12.3. The maximum Gasteiger partial charge on any atom is 1.00 e. The minimum atomic E-state index is -0.0591. The standard InChI is InChI=1S/C15H16N3O2.K/c1-2-14(19)17-7-9-18(10-8-17)15(20)13-5-3-12(11-16)4-6-13;/h3-6H,1-2,7-10H2;/q-1;+1. The molecule has 104 valence electrons. The van der Waals surface area contributed by atoms with Gasteiger partial charge in [-0.1, -0.05) is 0 Å². The Bertz CT molecular complexity index is 543. The van der Waals surface area contributed by atoms with E-state index in [0.717, 1.165) is 0 Å². The molecular weight excluding hydrogens is 293 g/mol. The van der Waals surface area contributed by atoms with Crippen LogP contribution in [0.25, 0.3) is 0 Å². The smallest absolute Gasteiger partial charge is 0.341 e. The zero-order chi connectivity index (χ0) is 14.5. The molecule has 0 radical (unpaired) electrons. The third-order valence-electron chi connectivity index (χ3n) is 3.39. The zero-order valence-corrected chi connectivity index (χ0v) is 15.3. The molecule has 0 N–H and O–H groups in total. The Labute approximate surface area is 167 Å². The van der Waals surface area contributed by atoms with Crippen LogP contribution in [0.15, 0.2) is 24.3 Å². The van der Waals surface area contributed by atoms with Gasteiger partial charge >= 0.3 is 51.4 Å². The Morgan fingerprint density at radius 1 is 1.10 bits per heavy atom. The van der Waals surface area contributed by atoms with Crippen molar-refractivity contribution in [1.29, 1.82) is 5.26 Å². The number of nitriles is 1. The van der Waals surface area contributed by atoms with Crippen LogP contribution in [0.1, 0.15) is 22.3 Å². The third-order valence-corrected chi connectivity index (χ3v) is 3.39. The van der Waals surface area contributed by atoms with Gasteiger partial charge < -0.3 is 16.7 Å². The van der Waals surface area contributed by atoms with Crippen LogP contribution < -0.4 is 51.4 Å². The summed E-state index contributed by atoms with van der Waals surface area (Å²) in [7, 11) is 0. The van der Waals surface area contributed by atoms with E-state index in [1.165, 1.54) is 0 Å². The molecule has 6 heteroatoms. The molecule has 5 nitrogen and oxygen atoms in total. The van der Waals surface area contributed by atoms with Crippen molar-refractivity contribution >= 4 is 11.8 Å². The van der Waals surface area contributed by atoms with Gasteiger partial charge in [-0.2, -0.15) is 5.26 Å². The van der Waals surface area contributed by atoms with Crippen LogP contribution in [-0.2, 0) is 4.79 Å². The fourth-order valence-corrected chi connectivity index (χ4v) is 2.19. The van der Waals surface area contributed by atoms with Crippen LogP contribution in [0.4, 0.5) is 0 Å². The fraction of sp³-hybridized carbons (Fsp3) is 0.333. The first-order chi connectivity index (χ1) is 9.65. The van der Waals surface area contributed by atoms with Crippen LogP contribution in [0.5, 0.6) is 0 Å². The number of piperazine rings is 1. The van der Waals surface area contributed by atoms with Gasteiger partial charge in [-0.15, -0.1) is 6.42 Å². The average Bonchev–Trinajstić information content (AvgIpc) is 2.53. The summed E-state index contributed by atoms with van der Waals surface area (Å²) in [6.07, 6.45) is 0.254. The van der Waals surface area contributed by atoms with E-state index in [2.05, 4.69) is 6.92 Å². The van der Waals surface area contributed by atoms with Crippen molar-refractivity contribution in [3.63, 3.8) is 0 Å². The van der Waals surface area contributed by atoms with Crippen molar-refractivity contribution in [2.75, 3.05) is 26.2 Å². The van der Waals surface area contributed by atoms with E-state index in [9.17, 15) is 9.59 Å². The van der Waals surface area contributed by atoms with E-state index in [-0.39, 0.29) is 69.6 Å². The molecule has 0 unspecified atom stereocenters. The summed E-state index contributed by atoms with van der Waals surface area (Å²) in [5.41, 5.74) is 1.10. The summed E-state index contributed by atoms with van der Waals surface area (Å²) in [6, 6.07) is 8.61. The number of nitrogens with zero attached hydrogens (tertiary/aromatic N) is 3. The van der Waals surface area contributed by atoms with Crippen molar-refractivity contribution in [2.45, 2.75) is 6.42 Å². The quantitative estimate of drug-likeness (QED) is 0.472. The predicted molar refractivity (Wildman–Crippen MR) is 73.6 cm³/mol. The zero-order valence-electron chi connectivity index (χ0n) is 12.2. The molecule has 1 heterocycles. The first-order valence-electron chi connectivity index (χ1n) is 6.52. The van der Waals surface area contributed by atoms with Crippen molar-refractivity contribution in [1.82, 2.24) is 9.80 Å². The van der Waals surface area contributed by atoms with Gasteiger partial charge in [-0.05, 0) is 24.3 Å². The molecule has 1 aromatic rings. The van der Waals surface area contributed by atoms with Crippen molar-refractivity contribution in [2.24, 2.45) is 0 Å². The molecule has 1 fully saturated rings. The van der Waals surface area contributed by atoms with Crippen molar-refractivity contribution in [3.05, 3.63) is 42.3 Å². The fourth-order valence-electron chi connectivity index (χ4n) is 2.19. The number of amides is 2. The normalized spacial score (nSPS) is 14.1. The number of carbonyl (C=O) groups excluding carboxylic acids is 2. The van der Waals surface area contributed by atoms with Gasteiger partial charge in [0.2, 0.25) is 0 Å². The Morgan fingerprint density at radius 3 is 2.10 bits per heavy atom. The van der Waals surface area contributed by atoms with Crippen molar-refractivity contribution in [3.8, 4) is 6.07 Å². The van der Waals surface area contributed by atoms with E-state index in [1.807, 2.05) is 6.07 Å². The second-order valence-corrected chi connectivity index (χ2v) is 4.61. The predicted octanol–water partition coefficient (Wildman–Crippen LogP) is -1.93. The molecule has 0 aliphatic carbocycles. The summed E-state index contributed by atoms with van der Waals surface area (Å²) >= 11 is 0. The number of hydrogen-bond acceptors (Lipinski definition) is 3. The van der Waals surface area contributed by atoms with Gasteiger partial charge in [0.25, 0.3) is 5.91 Å². The summed E-state index contributed by atoms with van der Waals surface area (Å²) in [6.45, 7) is 5.75. The molecule has 21 heavy (non-hydrogen) atoms. The third kappa shape index (κ3) is 4.63. The van der Waals surface area contributed by atoms with E-state index < -0.39 is 0 Å². The van der Waals surface area contributed by atoms with Gasteiger partial charge in [0.15, 0.2) is 5.91 Å². The minimum Gasteiger partial charge on any atom is -0.341 e. The largest absolute Gasteiger partial charge is 1.00 e. The first-order valence-corrected chi connectivity index (χ1v) is 6.52. The number of carbonyl (C=O) groups is 2. The van der Waals surface area contributed by atoms with Crippen LogP contribution in [-0.4, -0.2) is 47.8 Å². The second-order valence-electron chi connectivity index (χ2n) is 4.61. The Morgan fingerprint density at radius 2 is 1.62 bits per heavy atom. The first kappa shape index (κ1) is 18.3. The van der Waals surface area contributed by atoms with E-state index in [4.69, 9.17) is 5.26 Å². The van der Waals surface area contributed by atoms with Crippen LogP contribution in [0.3, 0.4) is 0 Å². The molecule has 0 atom stereocenters. The summed E-state index contributed by atoms with van der Waals surface area (Å²) in [4.78, 5) is 27.2. The van der Waals surface area contributed by atoms with Crippen LogP contribution >= 0.6 is 0 Å². The molecule has 2 amide bonds. The Hall–Kier alpha value is -0.714. The molecule has 1 aliphatic rings. The van der Waals surface area contributed by atoms with Crippen LogP contribution in [0.2, 0.25) is 0 Å². The van der Waals surface area contributed by atoms with Crippen LogP contribution in [0, 0.1) is 18.3 Å². The molecule has 0 spiro atoms. The molecular formula is C15H16KN3O2. The van der Waals surface area contributed by atoms with Gasteiger partial charge in [0.05, 0.1) is 11.6 Å². The average molecular weight is 309 g/mol. The summed E-state index contributed by atoms with van der Waals surface area (Å²) < 4.78 is 0. The molecule has 1 aliphatic heterocycles. The van der Waals surface area contributed by atoms with Crippen molar-refractivity contribution < 1.29 is 61.0 Å². The monoisotopic (exact) mass is 309 g/mol. The topological polar surface area (TPSA) is 64.4 Å². The molecule has 0 bridgehead atoms. The van der Waals surface area contributed by atoms with E-state index in [0.29, 0.717) is 37.3 Å². The molecule has 0 saturated carbocycles. The number of hydrogen-bond donors (Lipinski definition) is 0.